The highest BCUT2D eigenvalue weighted by atomic mass is 35.5. The zero-order valence-corrected chi connectivity index (χ0v) is 10.9. The molecule has 2 rings (SSSR count). The smallest absolute Gasteiger partial charge is 0.160 e. The fraction of sp³-hybridized carbons (Fsp3) is 0. The Hall–Kier alpha value is -0.540. The van der Waals surface area contributed by atoms with Crippen LogP contribution in [0.1, 0.15) is 9.67 Å². The number of halogens is 3. The maximum atomic E-state index is 10.8. The first kappa shape index (κ1) is 11.9. The summed E-state index contributed by atoms with van der Waals surface area (Å²) in [4.78, 5) is 11.5. The van der Waals surface area contributed by atoms with Crippen molar-refractivity contribution in [1.82, 2.24) is 0 Å². The molecule has 0 aliphatic heterocycles. The minimum atomic E-state index is 0.401. The van der Waals surface area contributed by atoms with E-state index in [1.165, 1.54) is 11.3 Å². The molecule has 0 unspecified atom stereocenters. The van der Waals surface area contributed by atoms with Crippen molar-refractivity contribution in [3.8, 4) is 11.1 Å². The summed E-state index contributed by atoms with van der Waals surface area (Å²) in [6, 6.07) is 5.08. The van der Waals surface area contributed by atoms with Gasteiger partial charge < -0.3 is 0 Å². The Labute approximate surface area is 112 Å². The van der Waals surface area contributed by atoms with E-state index < -0.39 is 0 Å². The molecule has 0 aliphatic carbocycles. The Morgan fingerprint density at radius 3 is 2.38 bits per heavy atom. The summed E-state index contributed by atoms with van der Waals surface area (Å²) < 4.78 is 0. The molecule has 0 bridgehead atoms. The predicted molar refractivity (Wildman–Crippen MR) is 70.2 cm³/mol. The molecule has 0 amide bonds. The molecule has 1 aromatic heterocycles. The van der Waals surface area contributed by atoms with Gasteiger partial charge in [-0.3, -0.25) is 4.79 Å². The van der Waals surface area contributed by atoms with Gasteiger partial charge in [-0.05, 0) is 23.6 Å². The third-order valence-electron chi connectivity index (χ3n) is 2.10. The lowest BCUT2D eigenvalue weighted by Crippen LogP contribution is -1.83. The van der Waals surface area contributed by atoms with Gasteiger partial charge in [0, 0.05) is 11.1 Å². The summed E-state index contributed by atoms with van der Waals surface area (Å²) in [7, 11) is 0. The average molecular weight is 292 g/mol. The number of carbonyl (C=O) groups excluding carboxylic acids is 1. The van der Waals surface area contributed by atoms with E-state index in [4.69, 9.17) is 34.8 Å². The number of thiophene rings is 1. The van der Waals surface area contributed by atoms with Gasteiger partial charge in [0.25, 0.3) is 0 Å². The summed E-state index contributed by atoms with van der Waals surface area (Å²) >= 11 is 19.2. The van der Waals surface area contributed by atoms with Crippen LogP contribution < -0.4 is 0 Å². The average Bonchev–Trinajstić information content (AvgIpc) is 2.71. The van der Waals surface area contributed by atoms with Crippen molar-refractivity contribution >= 4 is 52.4 Å². The highest BCUT2D eigenvalue weighted by molar-refractivity contribution is 7.12. The number of hydrogen-bond acceptors (Lipinski definition) is 2. The van der Waals surface area contributed by atoms with Crippen molar-refractivity contribution in [2.45, 2.75) is 0 Å². The molecule has 0 fully saturated rings. The Morgan fingerprint density at radius 1 is 1.00 bits per heavy atom. The maximum Gasteiger partial charge on any atom is 0.160 e. The molecule has 1 aromatic carbocycles. The van der Waals surface area contributed by atoms with Crippen LogP contribution in [-0.4, -0.2) is 6.29 Å². The van der Waals surface area contributed by atoms with E-state index in [0.717, 1.165) is 17.4 Å². The molecule has 5 heteroatoms. The second-order valence-corrected chi connectivity index (χ2v) is 5.23. The van der Waals surface area contributed by atoms with Crippen molar-refractivity contribution < 1.29 is 4.79 Å². The van der Waals surface area contributed by atoms with Gasteiger partial charge in [-0.25, -0.2) is 0 Å². The van der Waals surface area contributed by atoms with E-state index in [1.807, 2.05) is 11.4 Å². The van der Waals surface area contributed by atoms with E-state index >= 15 is 0 Å². The molecule has 0 atom stereocenters. The zero-order valence-electron chi connectivity index (χ0n) is 7.84. The third kappa shape index (κ3) is 2.11. The summed E-state index contributed by atoms with van der Waals surface area (Å²) in [5, 5.41) is 3.14. The van der Waals surface area contributed by atoms with Gasteiger partial charge in [0.05, 0.1) is 19.9 Å². The third-order valence-corrected chi connectivity index (χ3v) is 3.98. The van der Waals surface area contributed by atoms with E-state index in [1.54, 1.807) is 12.1 Å². The van der Waals surface area contributed by atoms with Gasteiger partial charge in [-0.1, -0.05) is 34.8 Å². The molecule has 1 heterocycles. The second-order valence-electron chi connectivity index (χ2n) is 3.06. The first-order valence-corrected chi connectivity index (χ1v) is 6.32. The lowest BCUT2D eigenvalue weighted by Gasteiger charge is -2.05. The van der Waals surface area contributed by atoms with Crippen LogP contribution in [0.4, 0.5) is 0 Å². The molecular formula is C11H5Cl3OS. The van der Waals surface area contributed by atoms with Crippen LogP contribution in [0.25, 0.3) is 11.1 Å². The highest BCUT2D eigenvalue weighted by Crippen LogP contribution is 2.37. The quantitative estimate of drug-likeness (QED) is 0.550. The molecule has 0 N–H and O–H groups in total. The molecular weight excluding hydrogens is 287 g/mol. The van der Waals surface area contributed by atoms with E-state index in [-0.39, 0.29) is 0 Å². The van der Waals surface area contributed by atoms with Gasteiger partial charge in [0.1, 0.15) is 0 Å². The van der Waals surface area contributed by atoms with Crippen LogP contribution in [0.2, 0.25) is 15.1 Å². The molecule has 0 radical (unpaired) electrons. The number of rotatable bonds is 2. The molecule has 16 heavy (non-hydrogen) atoms. The predicted octanol–water partition coefficient (Wildman–Crippen LogP) is 5.19. The topological polar surface area (TPSA) is 17.1 Å². The highest BCUT2D eigenvalue weighted by Gasteiger charge is 2.12. The lowest BCUT2D eigenvalue weighted by atomic mass is 10.1. The van der Waals surface area contributed by atoms with E-state index in [2.05, 4.69) is 0 Å². The van der Waals surface area contributed by atoms with Crippen LogP contribution in [0.15, 0.2) is 23.6 Å². The van der Waals surface area contributed by atoms with Crippen molar-refractivity contribution in [3.05, 3.63) is 43.5 Å². The van der Waals surface area contributed by atoms with Crippen LogP contribution in [0, 0.1) is 0 Å². The zero-order chi connectivity index (χ0) is 11.7. The number of hydrogen-bond donors (Lipinski definition) is 0. The first-order valence-electron chi connectivity index (χ1n) is 4.31. The van der Waals surface area contributed by atoms with Gasteiger partial charge in [-0.2, -0.15) is 0 Å². The van der Waals surface area contributed by atoms with Crippen LogP contribution in [-0.2, 0) is 0 Å². The maximum absolute atomic E-state index is 10.8. The SMILES string of the molecule is O=Cc1sccc1-c1cc(Cl)c(Cl)cc1Cl. The molecule has 0 spiro atoms. The van der Waals surface area contributed by atoms with Crippen molar-refractivity contribution in [2.75, 3.05) is 0 Å². The van der Waals surface area contributed by atoms with Crippen LogP contribution in [0.5, 0.6) is 0 Å². The Kier molecular flexibility index (Phi) is 3.55. The Morgan fingerprint density at radius 2 is 1.69 bits per heavy atom. The fourth-order valence-electron chi connectivity index (χ4n) is 1.36. The first-order chi connectivity index (χ1) is 7.63. The van der Waals surface area contributed by atoms with Gasteiger partial charge >= 0.3 is 0 Å². The molecule has 82 valence electrons. The molecule has 0 saturated heterocycles. The summed E-state index contributed by atoms with van der Waals surface area (Å²) in [6.07, 6.45) is 0.804. The number of carbonyl (C=O) groups is 1. The van der Waals surface area contributed by atoms with Gasteiger partial charge in [0.15, 0.2) is 6.29 Å². The Balaban J connectivity index is 2.64. The monoisotopic (exact) mass is 290 g/mol. The largest absolute Gasteiger partial charge is 0.297 e. The summed E-state index contributed by atoms with van der Waals surface area (Å²) in [6.45, 7) is 0. The molecule has 0 aliphatic rings. The molecule has 2 aromatic rings. The van der Waals surface area contributed by atoms with Crippen molar-refractivity contribution in [3.63, 3.8) is 0 Å². The summed E-state index contributed by atoms with van der Waals surface area (Å²) in [5.74, 6) is 0. The van der Waals surface area contributed by atoms with Crippen LogP contribution >= 0.6 is 46.1 Å². The number of aldehydes is 1. The molecule has 0 saturated carbocycles. The van der Waals surface area contributed by atoms with Gasteiger partial charge in [0.2, 0.25) is 0 Å². The van der Waals surface area contributed by atoms with Crippen molar-refractivity contribution in [2.24, 2.45) is 0 Å². The normalized spacial score (nSPS) is 10.4. The lowest BCUT2D eigenvalue weighted by molar-refractivity contribution is 0.112. The van der Waals surface area contributed by atoms with Crippen LogP contribution in [0.3, 0.4) is 0 Å². The van der Waals surface area contributed by atoms with E-state index in [0.29, 0.717) is 19.9 Å². The summed E-state index contributed by atoms with van der Waals surface area (Å²) in [5.41, 5.74) is 1.50. The standard InChI is InChI=1S/C11H5Cl3OS/c12-8-4-10(14)9(13)3-7(8)6-1-2-16-11(6)5-15/h1-5H. The molecule has 1 nitrogen and oxygen atoms in total. The number of benzene rings is 1. The van der Waals surface area contributed by atoms with Gasteiger partial charge in [-0.15, -0.1) is 11.3 Å². The second kappa shape index (κ2) is 4.76. The van der Waals surface area contributed by atoms with Crippen molar-refractivity contribution in [1.29, 1.82) is 0 Å². The Bertz CT molecular complexity index is 548. The minimum Gasteiger partial charge on any atom is -0.297 e. The van der Waals surface area contributed by atoms with E-state index in [9.17, 15) is 4.79 Å². The fourth-order valence-corrected chi connectivity index (χ4v) is 2.72. The minimum absolute atomic E-state index is 0.401.